The molecule has 0 atom stereocenters. The van der Waals surface area contributed by atoms with Gasteiger partial charge >= 0.3 is 5.69 Å². The predicted octanol–water partition coefficient (Wildman–Crippen LogP) is 3.91. The molecule has 0 spiro atoms. The summed E-state index contributed by atoms with van der Waals surface area (Å²) in [7, 11) is 0. The SMILES string of the molecule is O=C(Cn1c(=O)n(Cc2ccc(C(=O)NC3CCCC3)cc2)c(=O)c2ccccc21)c1ccc(F)cc1. The average Bonchev–Trinajstić information content (AvgIpc) is 3.42. The van der Waals surface area contributed by atoms with E-state index in [1.165, 1.54) is 28.8 Å². The van der Waals surface area contributed by atoms with Crippen LogP contribution in [0.25, 0.3) is 10.9 Å². The van der Waals surface area contributed by atoms with Gasteiger partial charge in [-0.2, -0.15) is 0 Å². The van der Waals surface area contributed by atoms with Crippen LogP contribution in [-0.2, 0) is 13.1 Å². The van der Waals surface area contributed by atoms with Gasteiger partial charge in [0.25, 0.3) is 11.5 Å². The molecule has 0 unspecified atom stereocenters. The number of carbonyl (C=O) groups excluding carboxylic acids is 2. The maximum absolute atomic E-state index is 13.4. The van der Waals surface area contributed by atoms with Crippen LogP contribution in [0.5, 0.6) is 0 Å². The summed E-state index contributed by atoms with van der Waals surface area (Å²) in [6, 6.07) is 18.8. The molecular formula is C29H26FN3O4. The Morgan fingerprint density at radius 2 is 1.49 bits per heavy atom. The van der Waals surface area contributed by atoms with Crippen LogP contribution in [0, 0.1) is 5.82 Å². The van der Waals surface area contributed by atoms with E-state index in [0.717, 1.165) is 30.3 Å². The van der Waals surface area contributed by atoms with Gasteiger partial charge in [-0.3, -0.25) is 23.5 Å². The fourth-order valence-electron chi connectivity index (χ4n) is 4.82. The molecule has 7 nitrogen and oxygen atoms in total. The summed E-state index contributed by atoms with van der Waals surface area (Å²) in [4.78, 5) is 52.1. The number of halogens is 1. The van der Waals surface area contributed by atoms with Crippen LogP contribution in [0.1, 0.15) is 52.0 Å². The van der Waals surface area contributed by atoms with E-state index in [0.29, 0.717) is 22.0 Å². The van der Waals surface area contributed by atoms with Gasteiger partial charge in [0.1, 0.15) is 5.82 Å². The summed E-state index contributed by atoms with van der Waals surface area (Å²) in [6.45, 7) is -0.316. The predicted molar refractivity (Wildman–Crippen MR) is 138 cm³/mol. The van der Waals surface area contributed by atoms with Gasteiger partial charge < -0.3 is 5.32 Å². The second-order valence-electron chi connectivity index (χ2n) is 9.36. The molecule has 1 amide bonds. The number of hydrogen-bond donors (Lipinski definition) is 1. The monoisotopic (exact) mass is 499 g/mol. The first-order valence-electron chi connectivity index (χ1n) is 12.3. The zero-order valence-corrected chi connectivity index (χ0v) is 20.2. The molecule has 0 bridgehead atoms. The first-order chi connectivity index (χ1) is 17.9. The lowest BCUT2D eigenvalue weighted by atomic mass is 10.1. The van der Waals surface area contributed by atoms with Crippen molar-refractivity contribution in [3.63, 3.8) is 0 Å². The number of Topliss-reactive ketones (excluding diaryl/α,β-unsaturated/α-hetero) is 1. The van der Waals surface area contributed by atoms with Gasteiger partial charge in [-0.05, 0) is 66.9 Å². The van der Waals surface area contributed by atoms with E-state index < -0.39 is 17.1 Å². The molecule has 1 saturated carbocycles. The second kappa shape index (κ2) is 10.3. The number of hydrogen-bond acceptors (Lipinski definition) is 4. The van der Waals surface area contributed by atoms with E-state index >= 15 is 0 Å². The van der Waals surface area contributed by atoms with Gasteiger partial charge in [-0.25, -0.2) is 9.18 Å². The van der Waals surface area contributed by atoms with Crippen molar-refractivity contribution in [3.05, 3.63) is 116 Å². The van der Waals surface area contributed by atoms with E-state index in [4.69, 9.17) is 0 Å². The minimum absolute atomic E-state index is 0.0161. The van der Waals surface area contributed by atoms with Crippen LogP contribution < -0.4 is 16.6 Å². The third-order valence-corrected chi connectivity index (χ3v) is 6.85. The zero-order valence-electron chi connectivity index (χ0n) is 20.2. The fraction of sp³-hybridized carbons (Fsp3) is 0.241. The van der Waals surface area contributed by atoms with Crippen LogP contribution in [0.3, 0.4) is 0 Å². The van der Waals surface area contributed by atoms with E-state index in [2.05, 4.69) is 5.32 Å². The maximum Gasteiger partial charge on any atom is 0.332 e. The Kier molecular flexibility index (Phi) is 6.81. The molecule has 0 saturated heterocycles. The normalized spacial score (nSPS) is 13.6. The molecule has 5 rings (SSSR count). The van der Waals surface area contributed by atoms with Crippen LogP contribution in [0.4, 0.5) is 4.39 Å². The first-order valence-corrected chi connectivity index (χ1v) is 12.3. The van der Waals surface area contributed by atoms with Gasteiger partial charge in [0.05, 0.1) is 24.0 Å². The first kappa shape index (κ1) is 24.4. The van der Waals surface area contributed by atoms with Crippen molar-refractivity contribution in [3.8, 4) is 0 Å². The molecule has 1 aliphatic rings. The average molecular weight is 500 g/mol. The van der Waals surface area contributed by atoms with Crippen molar-refractivity contribution >= 4 is 22.6 Å². The molecule has 8 heteroatoms. The molecule has 37 heavy (non-hydrogen) atoms. The molecule has 1 aliphatic carbocycles. The van der Waals surface area contributed by atoms with Gasteiger partial charge in [-0.15, -0.1) is 0 Å². The van der Waals surface area contributed by atoms with E-state index in [1.54, 1.807) is 48.5 Å². The Hall–Kier alpha value is -4.33. The van der Waals surface area contributed by atoms with Crippen molar-refractivity contribution in [2.75, 3.05) is 0 Å². The summed E-state index contributed by atoms with van der Waals surface area (Å²) in [5.41, 5.74) is 0.716. The molecule has 0 radical (unpaired) electrons. The van der Waals surface area contributed by atoms with Gasteiger partial charge in [-0.1, -0.05) is 37.1 Å². The number of rotatable bonds is 7. The molecule has 0 aliphatic heterocycles. The highest BCUT2D eigenvalue weighted by atomic mass is 19.1. The van der Waals surface area contributed by atoms with Crippen LogP contribution in [0.15, 0.2) is 82.4 Å². The van der Waals surface area contributed by atoms with Crippen LogP contribution in [0.2, 0.25) is 0 Å². The van der Waals surface area contributed by atoms with E-state index in [9.17, 15) is 23.6 Å². The number of nitrogens with zero attached hydrogens (tertiary/aromatic N) is 2. The lowest BCUT2D eigenvalue weighted by molar-refractivity contribution is 0.0936. The standard InChI is InChI=1S/C29H26FN3O4/c30-22-15-13-20(14-16-22)26(34)18-32-25-8-4-3-7-24(25)28(36)33(29(32)37)17-19-9-11-21(12-10-19)27(35)31-23-5-1-2-6-23/h3-4,7-16,23H,1-2,5-6,17-18H2,(H,31,35). The highest BCUT2D eigenvalue weighted by Crippen LogP contribution is 2.18. The number of para-hydroxylation sites is 1. The van der Waals surface area contributed by atoms with Crippen LogP contribution >= 0.6 is 0 Å². The molecule has 188 valence electrons. The number of carbonyl (C=O) groups is 2. The van der Waals surface area contributed by atoms with Crippen molar-refractivity contribution in [2.45, 2.75) is 44.8 Å². The Labute approximate surface area is 212 Å². The number of nitrogens with one attached hydrogen (secondary N) is 1. The number of amides is 1. The summed E-state index contributed by atoms with van der Waals surface area (Å²) < 4.78 is 15.6. The highest BCUT2D eigenvalue weighted by molar-refractivity contribution is 5.96. The smallest absolute Gasteiger partial charge is 0.332 e. The highest BCUT2D eigenvalue weighted by Gasteiger charge is 2.19. The van der Waals surface area contributed by atoms with E-state index in [1.807, 2.05) is 0 Å². The summed E-state index contributed by atoms with van der Waals surface area (Å²) in [5, 5.41) is 3.35. The zero-order chi connectivity index (χ0) is 25.9. The molecule has 1 fully saturated rings. The van der Waals surface area contributed by atoms with Crippen molar-refractivity contribution < 1.29 is 14.0 Å². The summed E-state index contributed by atoms with van der Waals surface area (Å²) >= 11 is 0. The minimum Gasteiger partial charge on any atom is -0.349 e. The molecule has 1 aromatic heterocycles. The Balaban J connectivity index is 1.45. The summed E-state index contributed by atoms with van der Waals surface area (Å²) in [6.07, 6.45) is 4.23. The third-order valence-electron chi connectivity index (χ3n) is 6.85. The van der Waals surface area contributed by atoms with Gasteiger partial charge in [0.15, 0.2) is 5.78 Å². The lowest BCUT2D eigenvalue weighted by Gasteiger charge is -2.14. The summed E-state index contributed by atoms with van der Waals surface area (Å²) in [5.74, 6) is -0.979. The molecular weight excluding hydrogens is 473 g/mol. The van der Waals surface area contributed by atoms with Crippen molar-refractivity contribution in [1.82, 2.24) is 14.5 Å². The molecule has 3 aromatic carbocycles. The quantitative estimate of drug-likeness (QED) is 0.391. The van der Waals surface area contributed by atoms with Crippen LogP contribution in [-0.4, -0.2) is 26.9 Å². The topological polar surface area (TPSA) is 90.2 Å². The number of aromatic nitrogens is 2. The van der Waals surface area contributed by atoms with Crippen molar-refractivity contribution in [1.29, 1.82) is 0 Å². The molecule has 1 N–H and O–H groups in total. The van der Waals surface area contributed by atoms with Gasteiger partial charge in [0.2, 0.25) is 0 Å². The largest absolute Gasteiger partial charge is 0.349 e. The second-order valence-corrected chi connectivity index (χ2v) is 9.36. The lowest BCUT2D eigenvalue weighted by Crippen LogP contribution is -2.41. The van der Waals surface area contributed by atoms with Gasteiger partial charge in [0, 0.05) is 17.2 Å². The Morgan fingerprint density at radius 3 is 2.19 bits per heavy atom. The minimum atomic E-state index is -0.623. The molecule has 1 heterocycles. The Morgan fingerprint density at radius 1 is 0.838 bits per heavy atom. The number of fused-ring (bicyclic) bond motifs is 1. The third kappa shape index (κ3) is 5.14. The fourth-order valence-corrected chi connectivity index (χ4v) is 4.82. The maximum atomic E-state index is 13.4. The van der Waals surface area contributed by atoms with Crippen molar-refractivity contribution in [2.24, 2.45) is 0 Å². The van der Waals surface area contributed by atoms with E-state index in [-0.39, 0.29) is 36.4 Å². The number of ketones is 1. The number of benzene rings is 3. The Bertz CT molecular complexity index is 1580. The molecule has 4 aromatic rings.